The Kier molecular flexibility index (Phi) is 6.18. The summed E-state index contributed by atoms with van der Waals surface area (Å²) in [5.41, 5.74) is 6.15. The van der Waals surface area contributed by atoms with Crippen molar-refractivity contribution in [2.24, 2.45) is 11.1 Å². The fourth-order valence-corrected chi connectivity index (χ4v) is 2.91. The van der Waals surface area contributed by atoms with Gasteiger partial charge in [0.2, 0.25) is 5.91 Å². The number of carbonyl (C=O) groups excluding carboxylic acids is 1. The first kappa shape index (κ1) is 18.7. The summed E-state index contributed by atoms with van der Waals surface area (Å²) < 4.78 is 18.9. The number of halogens is 1. The summed E-state index contributed by atoms with van der Waals surface area (Å²) in [4.78, 5) is 16.1. The molecule has 0 aromatic heterocycles. The number of benzene rings is 1. The minimum Gasteiger partial charge on any atom is -0.489 e. The molecule has 0 radical (unpaired) electrons. The van der Waals surface area contributed by atoms with Gasteiger partial charge in [0.15, 0.2) is 11.6 Å². The molecular formula is C18H28FN3O2. The molecule has 1 aromatic carbocycles. The summed E-state index contributed by atoms with van der Waals surface area (Å²) in [6.07, 6.45) is 0.903. The van der Waals surface area contributed by atoms with Gasteiger partial charge in [0.25, 0.3) is 0 Å². The Bertz CT molecular complexity index is 565. The van der Waals surface area contributed by atoms with Crippen LogP contribution in [0.15, 0.2) is 24.3 Å². The molecule has 2 N–H and O–H groups in total. The maximum atomic E-state index is 13.5. The van der Waals surface area contributed by atoms with E-state index in [-0.39, 0.29) is 29.7 Å². The molecule has 1 unspecified atom stereocenters. The number of likely N-dealkylation sites (N-methyl/N-ethyl adjacent to an activating group) is 1. The van der Waals surface area contributed by atoms with E-state index in [2.05, 4.69) is 18.7 Å². The van der Waals surface area contributed by atoms with Gasteiger partial charge in [-0.25, -0.2) is 4.39 Å². The van der Waals surface area contributed by atoms with E-state index >= 15 is 0 Å². The molecule has 1 amide bonds. The molecule has 134 valence electrons. The number of nitrogens with zero attached hydrogens (tertiary/aromatic N) is 2. The molecule has 1 saturated heterocycles. The van der Waals surface area contributed by atoms with Gasteiger partial charge in [0.05, 0.1) is 13.1 Å². The Morgan fingerprint density at radius 3 is 2.83 bits per heavy atom. The lowest BCUT2D eigenvalue weighted by molar-refractivity contribution is -0.132. The molecule has 0 spiro atoms. The van der Waals surface area contributed by atoms with Crippen LogP contribution in [0.4, 0.5) is 4.39 Å². The normalized spacial score (nSPS) is 20.6. The van der Waals surface area contributed by atoms with Crippen molar-refractivity contribution in [3.8, 4) is 5.75 Å². The predicted octanol–water partition coefficient (Wildman–Crippen LogP) is 1.72. The summed E-state index contributed by atoms with van der Waals surface area (Å²) >= 11 is 0. The Hall–Kier alpha value is -1.66. The molecule has 0 saturated carbocycles. The standard InChI is InChI=1S/C18H28FN3O2/c1-18(2)13-22(9-8-16(18)20)12-17(23)21(3)10-11-24-15-7-5-4-6-14(15)19/h4-7,16H,8-13,20H2,1-3H3. The van der Waals surface area contributed by atoms with Crippen molar-refractivity contribution in [2.45, 2.75) is 26.3 Å². The van der Waals surface area contributed by atoms with Gasteiger partial charge >= 0.3 is 0 Å². The van der Waals surface area contributed by atoms with Crippen molar-refractivity contribution in [3.05, 3.63) is 30.1 Å². The zero-order valence-electron chi connectivity index (χ0n) is 14.8. The second-order valence-corrected chi connectivity index (χ2v) is 7.19. The Balaban J connectivity index is 1.75. The van der Waals surface area contributed by atoms with E-state index in [4.69, 9.17) is 10.5 Å². The van der Waals surface area contributed by atoms with E-state index in [0.717, 1.165) is 19.5 Å². The van der Waals surface area contributed by atoms with Gasteiger partial charge in [-0.3, -0.25) is 9.69 Å². The number of nitrogens with two attached hydrogens (primary N) is 1. The van der Waals surface area contributed by atoms with Crippen molar-refractivity contribution in [1.82, 2.24) is 9.80 Å². The lowest BCUT2D eigenvalue weighted by Crippen LogP contribution is -2.54. The number of rotatable bonds is 6. The van der Waals surface area contributed by atoms with Crippen LogP contribution in [-0.2, 0) is 4.79 Å². The highest BCUT2D eigenvalue weighted by Gasteiger charge is 2.34. The molecule has 1 aliphatic heterocycles. The van der Waals surface area contributed by atoms with Crippen molar-refractivity contribution < 1.29 is 13.9 Å². The number of hydrogen-bond acceptors (Lipinski definition) is 4. The molecule has 2 rings (SSSR count). The summed E-state index contributed by atoms with van der Waals surface area (Å²) in [6, 6.07) is 6.44. The van der Waals surface area contributed by atoms with E-state index in [1.54, 1.807) is 30.1 Å². The third kappa shape index (κ3) is 4.92. The summed E-state index contributed by atoms with van der Waals surface area (Å²) in [6.45, 7) is 7.01. The van der Waals surface area contributed by atoms with Gasteiger partial charge in [-0.05, 0) is 24.0 Å². The largest absolute Gasteiger partial charge is 0.489 e. The van der Waals surface area contributed by atoms with E-state index in [1.807, 2.05) is 0 Å². The molecule has 6 heteroatoms. The van der Waals surface area contributed by atoms with Gasteiger partial charge in [-0.1, -0.05) is 26.0 Å². The number of para-hydroxylation sites is 1. The minimum absolute atomic E-state index is 0.0189. The van der Waals surface area contributed by atoms with Gasteiger partial charge in [0.1, 0.15) is 6.61 Å². The average Bonchev–Trinajstić information content (AvgIpc) is 2.52. The van der Waals surface area contributed by atoms with Crippen LogP contribution >= 0.6 is 0 Å². The van der Waals surface area contributed by atoms with Gasteiger partial charge in [0, 0.05) is 26.2 Å². The quantitative estimate of drug-likeness (QED) is 0.859. The number of likely N-dealkylation sites (tertiary alicyclic amines) is 1. The molecule has 1 aromatic rings. The molecule has 24 heavy (non-hydrogen) atoms. The lowest BCUT2D eigenvalue weighted by Gasteiger charge is -2.42. The topological polar surface area (TPSA) is 58.8 Å². The first-order chi connectivity index (χ1) is 11.3. The Morgan fingerprint density at radius 1 is 1.46 bits per heavy atom. The van der Waals surface area contributed by atoms with Crippen molar-refractivity contribution >= 4 is 5.91 Å². The molecule has 1 atom stereocenters. The second kappa shape index (κ2) is 7.94. The van der Waals surface area contributed by atoms with Crippen LogP contribution in [0.3, 0.4) is 0 Å². The maximum absolute atomic E-state index is 13.5. The Labute approximate surface area is 143 Å². The van der Waals surface area contributed by atoms with E-state index in [0.29, 0.717) is 13.1 Å². The third-order valence-electron chi connectivity index (χ3n) is 4.70. The molecule has 1 heterocycles. The zero-order chi connectivity index (χ0) is 17.7. The van der Waals surface area contributed by atoms with Crippen molar-refractivity contribution in [2.75, 3.05) is 39.8 Å². The summed E-state index contributed by atoms with van der Waals surface area (Å²) in [7, 11) is 1.74. The molecule has 1 fully saturated rings. The highest BCUT2D eigenvalue weighted by molar-refractivity contribution is 5.78. The predicted molar refractivity (Wildman–Crippen MR) is 92.3 cm³/mol. The molecular weight excluding hydrogens is 309 g/mol. The maximum Gasteiger partial charge on any atom is 0.236 e. The third-order valence-corrected chi connectivity index (χ3v) is 4.70. The highest BCUT2D eigenvalue weighted by atomic mass is 19.1. The second-order valence-electron chi connectivity index (χ2n) is 7.19. The monoisotopic (exact) mass is 337 g/mol. The molecule has 5 nitrogen and oxygen atoms in total. The number of hydrogen-bond donors (Lipinski definition) is 1. The smallest absolute Gasteiger partial charge is 0.236 e. The molecule has 0 bridgehead atoms. The van der Waals surface area contributed by atoms with E-state index in [1.165, 1.54) is 6.07 Å². The van der Waals surface area contributed by atoms with Crippen LogP contribution in [0.2, 0.25) is 0 Å². The van der Waals surface area contributed by atoms with Crippen molar-refractivity contribution in [1.29, 1.82) is 0 Å². The van der Waals surface area contributed by atoms with Gasteiger partial charge < -0.3 is 15.4 Å². The van der Waals surface area contributed by atoms with Gasteiger partial charge in [-0.15, -0.1) is 0 Å². The van der Waals surface area contributed by atoms with Crippen LogP contribution < -0.4 is 10.5 Å². The number of ether oxygens (including phenoxy) is 1. The summed E-state index contributed by atoms with van der Waals surface area (Å²) in [5.74, 6) is -0.137. The first-order valence-corrected chi connectivity index (χ1v) is 8.39. The molecule has 1 aliphatic rings. The lowest BCUT2D eigenvalue weighted by atomic mass is 9.80. The van der Waals surface area contributed by atoms with E-state index < -0.39 is 5.82 Å². The fourth-order valence-electron chi connectivity index (χ4n) is 2.91. The zero-order valence-corrected chi connectivity index (χ0v) is 14.8. The van der Waals surface area contributed by atoms with E-state index in [9.17, 15) is 9.18 Å². The highest BCUT2D eigenvalue weighted by Crippen LogP contribution is 2.27. The fraction of sp³-hybridized carbons (Fsp3) is 0.611. The Morgan fingerprint density at radius 2 is 2.17 bits per heavy atom. The van der Waals surface area contributed by atoms with Crippen LogP contribution in [0, 0.1) is 11.2 Å². The number of amides is 1. The van der Waals surface area contributed by atoms with Crippen LogP contribution in [-0.4, -0.2) is 61.6 Å². The number of piperidine rings is 1. The minimum atomic E-state index is -0.390. The van der Waals surface area contributed by atoms with Crippen LogP contribution in [0.25, 0.3) is 0 Å². The number of carbonyl (C=O) groups is 1. The van der Waals surface area contributed by atoms with Gasteiger partial charge in [-0.2, -0.15) is 0 Å². The van der Waals surface area contributed by atoms with Crippen LogP contribution in [0.5, 0.6) is 5.75 Å². The SMILES string of the molecule is CN(CCOc1ccccc1F)C(=O)CN1CCC(N)C(C)(C)C1. The average molecular weight is 337 g/mol. The van der Waals surface area contributed by atoms with Crippen LogP contribution in [0.1, 0.15) is 20.3 Å². The first-order valence-electron chi connectivity index (χ1n) is 8.39. The van der Waals surface area contributed by atoms with Crippen molar-refractivity contribution in [3.63, 3.8) is 0 Å². The molecule has 0 aliphatic carbocycles. The summed E-state index contributed by atoms with van der Waals surface area (Å²) in [5, 5.41) is 0.